The third-order valence-electron chi connectivity index (χ3n) is 4.02. The Morgan fingerprint density at radius 3 is 2.53 bits per heavy atom. The van der Waals surface area contributed by atoms with Gasteiger partial charge in [0.15, 0.2) is 0 Å². The van der Waals surface area contributed by atoms with Crippen molar-refractivity contribution in [3.05, 3.63) is 0 Å². The molecule has 1 saturated carbocycles. The lowest BCUT2D eigenvalue weighted by atomic mass is 9.81. The molecule has 0 aromatic heterocycles. The summed E-state index contributed by atoms with van der Waals surface area (Å²) in [5.41, 5.74) is 0. The summed E-state index contributed by atoms with van der Waals surface area (Å²) in [6.45, 7) is 7.05. The Kier molecular flexibility index (Phi) is 5.96. The maximum Gasteiger partial charge on any atom is 0.319 e. The summed E-state index contributed by atoms with van der Waals surface area (Å²) < 4.78 is 4.81. The van der Waals surface area contributed by atoms with E-state index in [0.717, 1.165) is 5.92 Å². The zero-order valence-corrected chi connectivity index (χ0v) is 11.7. The topological polar surface area (TPSA) is 29.5 Å². The zero-order chi connectivity index (χ0) is 12.8. The molecule has 3 nitrogen and oxygen atoms in total. The van der Waals surface area contributed by atoms with Crippen LogP contribution >= 0.6 is 0 Å². The summed E-state index contributed by atoms with van der Waals surface area (Å²) in [4.78, 5) is 13.8. The Morgan fingerprint density at radius 2 is 2.00 bits per heavy atom. The Morgan fingerprint density at radius 1 is 1.35 bits per heavy atom. The quantitative estimate of drug-likeness (QED) is 0.693. The molecule has 0 N–H and O–H groups in total. The van der Waals surface area contributed by atoms with Crippen molar-refractivity contribution in [3.63, 3.8) is 0 Å². The van der Waals surface area contributed by atoms with E-state index in [2.05, 4.69) is 25.7 Å². The van der Waals surface area contributed by atoms with Crippen LogP contribution in [0.1, 0.15) is 52.9 Å². The predicted molar refractivity (Wildman–Crippen MR) is 69.9 cm³/mol. The van der Waals surface area contributed by atoms with Crippen LogP contribution in [0, 0.1) is 5.92 Å². The van der Waals surface area contributed by atoms with E-state index < -0.39 is 0 Å². The van der Waals surface area contributed by atoms with Gasteiger partial charge in [-0.2, -0.15) is 0 Å². The van der Waals surface area contributed by atoms with E-state index in [9.17, 15) is 4.79 Å². The highest BCUT2D eigenvalue weighted by Gasteiger charge is 2.31. The van der Waals surface area contributed by atoms with Crippen LogP contribution in [0.3, 0.4) is 0 Å². The van der Waals surface area contributed by atoms with Gasteiger partial charge in [-0.3, -0.25) is 9.69 Å². The molecule has 1 rings (SSSR count). The lowest BCUT2D eigenvalue weighted by Crippen LogP contribution is -2.48. The smallest absolute Gasteiger partial charge is 0.319 e. The maximum absolute atomic E-state index is 11.5. The molecule has 0 aliphatic heterocycles. The first kappa shape index (κ1) is 14.5. The normalized spacial score (nSPS) is 25.3. The third kappa shape index (κ3) is 3.98. The van der Waals surface area contributed by atoms with Crippen molar-refractivity contribution in [1.29, 1.82) is 0 Å². The fourth-order valence-corrected chi connectivity index (χ4v) is 3.00. The minimum Gasteiger partial charge on any atom is -0.468 e. The largest absolute Gasteiger partial charge is 0.468 e. The molecule has 0 amide bonds. The summed E-state index contributed by atoms with van der Waals surface area (Å²) in [6.07, 6.45) is 6.40. The number of carbonyl (C=O) groups excluding carboxylic acids is 1. The number of carbonyl (C=O) groups is 1. The summed E-state index contributed by atoms with van der Waals surface area (Å²) >= 11 is 0. The van der Waals surface area contributed by atoms with Crippen LogP contribution in [0.2, 0.25) is 0 Å². The highest BCUT2D eigenvalue weighted by Crippen LogP contribution is 2.31. The second-order valence-corrected chi connectivity index (χ2v) is 5.36. The standard InChI is InChI=1S/C14H27NO2/c1-5-12-8-6-7-9-13(12)15(11(2)3)10-14(16)17-4/h11-13H,5-10H2,1-4H3. The van der Waals surface area contributed by atoms with Gasteiger partial charge in [-0.05, 0) is 32.6 Å². The van der Waals surface area contributed by atoms with Gasteiger partial charge in [0.2, 0.25) is 0 Å². The molecule has 0 radical (unpaired) electrons. The maximum atomic E-state index is 11.5. The van der Waals surface area contributed by atoms with Crippen LogP contribution < -0.4 is 0 Å². The van der Waals surface area contributed by atoms with Gasteiger partial charge in [0, 0.05) is 12.1 Å². The van der Waals surface area contributed by atoms with Crippen molar-refractivity contribution in [1.82, 2.24) is 4.90 Å². The molecule has 1 aliphatic rings. The molecule has 1 aliphatic carbocycles. The molecule has 2 unspecified atom stereocenters. The van der Waals surface area contributed by atoms with Crippen molar-refractivity contribution in [2.45, 2.75) is 65.0 Å². The van der Waals surface area contributed by atoms with Crippen LogP contribution in [-0.2, 0) is 9.53 Å². The van der Waals surface area contributed by atoms with E-state index in [4.69, 9.17) is 4.74 Å². The van der Waals surface area contributed by atoms with Crippen molar-refractivity contribution in [2.75, 3.05) is 13.7 Å². The molecular weight excluding hydrogens is 214 g/mol. The lowest BCUT2D eigenvalue weighted by Gasteiger charge is -2.41. The van der Waals surface area contributed by atoms with Gasteiger partial charge in [0.25, 0.3) is 0 Å². The van der Waals surface area contributed by atoms with E-state index in [1.165, 1.54) is 39.2 Å². The molecule has 3 heteroatoms. The molecule has 0 aromatic carbocycles. The highest BCUT2D eigenvalue weighted by molar-refractivity contribution is 5.71. The monoisotopic (exact) mass is 241 g/mol. The zero-order valence-electron chi connectivity index (χ0n) is 11.7. The van der Waals surface area contributed by atoms with Gasteiger partial charge in [-0.25, -0.2) is 0 Å². The fraction of sp³-hybridized carbons (Fsp3) is 0.929. The second-order valence-electron chi connectivity index (χ2n) is 5.36. The molecule has 0 bridgehead atoms. The molecule has 2 atom stereocenters. The van der Waals surface area contributed by atoms with Crippen molar-refractivity contribution < 1.29 is 9.53 Å². The van der Waals surface area contributed by atoms with E-state index in [1.807, 2.05) is 0 Å². The molecule has 17 heavy (non-hydrogen) atoms. The number of rotatable bonds is 5. The molecule has 0 heterocycles. The number of hydrogen-bond acceptors (Lipinski definition) is 3. The molecule has 0 spiro atoms. The molecular formula is C14H27NO2. The molecule has 100 valence electrons. The Hall–Kier alpha value is -0.570. The van der Waals surface area contributed by atoms with Crippen LogP contribution in [0.25, 0.3) is 0 Å². The van der Waals surface area contributed by atoms with Crippen molar-refractivity contribution in [2.24, 2.45) is 5.92 Å². The Bertz CT molecular complexity index is 240. The van der Waals surface area contributed by atoms with Crippen molar-refractivity contribution in [3.8, 4) is 0 Å². The van der Waals surface area contributed by atoms with Gasteiger partial charge in [0.05, 0.1) is 13.7 Å². The summed E-state index contributed by atoms with van der Waals surface area (Å²) in [6, 6.07) is 0.971. The van der Waals surface area contributed by atoms with Crippen LogP contribution in [0.15, 0.2) is 0 Å². The molecule has 0 aromatic rings. The Labute approximate surface area is 106 Å². The summed E-state index contributed by atoms with van der Waals surface area (Å²) in [7, 11) is 1.47. The second kappa shape index (κ2) is 7.00. The van der Waals surface area contributed by atoms with Gasteiger partial charge in [0.1, 0.15) is 0 Å². The van der Waals surface area contributed by atoms with Gasteiger partial charge in [-0.15, -0.1) is 0 Å². The van der Waals surface area contributed by atoms with Gasteiger partial charge < -0.3 is 4.74 Å². The first-order valence-electron chi connectivity index (χ1n) is 6.92. The van der Waals surface area contributed by atoms with Crippen LogP contribution in [0.4, 0.5) is 0 Å². The number of methoxy groups -OCH3 is 1. The number of ether oxygens (including phenoxy) is 1. The minimum atomic E-state index is -0.112. The summed E-state index contributed by atoms with van der Waals surface area (Å²) in [5.74, 6) is 0.634. The Balaban J connectivity index is 2.70. The fourth-order valence-electron chi connectivity index (χ4n) is 3.00. The molecule has 0 saturated heterocycles. The number of hydrogen-bond donors (Lipinski definition) is 0. The third-order valence-corrected chi connectivity index (χ3v) is 4.02. The molecule has 1 fully saturated rings. The van der Waals surface area contributed by atoms with Crippen LogP contribution in [0.5, 0.6) is 0 Å². The van der Waals surface area contributed by atoms with Gasteiger partial charge >= 0.3 is 5.97 Å². The first-order valence-corrected chi connectivity index (χ1v) is 6.92. The summed E-state index contributed by atoms with van der Waals surface area (Å²) in [5, 5.41) is 0. The first-order chi connectivity index (χ1) is 8.10. The van der Waals surface area contributed by atoms with E-state index in [1.54, 1.807) is 0 Å². The number of nitrogens with zero attached hydrogens (tertiary/aromatic N) is 1. The predicted octanol–water partition coefficient (Wildman–Crippen LogP) is 2.84. The average molecular weight is 241 g/mol. The van der Waals surface area contributed by atoms with E-state index >= 15 is 0 Å². The SMILES string of the molecule is CCC1CCCCC1N(CC(=O)OC)C(C)C. The van der Waals surface area contributed by atoms with Crippen LogP contribution in [-0.4, -0.2) is 36.6 Å². The van der Waals surface area contributed by atoms with Gasteiger partial charge in [-0.1, -0.05) is 26.2 Å². The van der Waals surface area contributed by atoms with E-state index in [-0.39, 0.29) is 5.97 Å². The lowest BCUT2D eigenvalue weighted by molar-refractivity contribution is -0.143. The minimum absolute atomic E-state index is 0.112. The highest BCUT2D eigenvalue weighted by atomic mass is 16.5. The number of esters is 1. The van der Waals surface area contributed by atoms with E-state index in [0.29, 0.717) is 18.6 Å². The average Bonchev–Trinajstić information content (AvgIpc) is 2.35. The van der Waals surface area contributed by atoms with Crippen molar-refractivity contribution >= 4 is 5.97 Å².